The summed E-state index contributed by atoms with van der Waals surface area (Å²) in [5.41, 5.74) is 0. The number of likely N-dealkylation sites (tertiary alicyclic amines) is 1. The summed E-state index contributed by atoms with van der Waals surface area (Å²) in [6.45, 7) is 2.43. The Morgan fingerprint density at radius 3 is 2.90 bits per heavy atom. The molecule has 0 unspecified atom stereocenters. The zero-order valence-electron chi connectivity index (χ0n) is 12.2. The van der Waals surface area contributed by atoms with Crippen molar-refractivity contribution in [3.8, 4) is 0 Å². The average molecular weight is 290 g/mol. The molecule has 0 spiro atoms. The number of carbonyl (C=O) groups is 1. The lowest BCUT2D eigenvalue weighted by molar-refractivity contribution is -0.134. The third kappa shape index (κ3) is 3.91. The van der Waals surface area contributed by atoms with Gasteiger partial charge in [0.2, 0.25) is 5.91 Å². The van der Waals surface area contributed by atoms with Crippen molar-refractivity contribution in [2.24, 2.45) is 0 Å². The Hall–Kier alpha value is -1.69. The highest BCUT2D eigenvalue weighted by Crippen LogP contribution is 2.19. The number of rotatable bonds is 4. The van der Waals surface area contributed by atoms with Crippen LogP contribution in [0.2, 0.25) is 0 Å². The first-order valence-corrected chi connectivity index (χ1v) is 7.75. The van der Waals surface area contributed by atoms with Gasteiger partial charge in [-0.25, -0.2) is 0 Å². The molecule has 1 N–H and O–H groups in total. The summed E-state index contributed by atoms with van der Waals surface area (Å²) in [7, 11) is 0. The summed E-state index contributed by atoms with van der Waals surface area (Å²) in [4.78, 5) is 14.2. The van der Waals surface area contributed by atoms with Crippen molar-refractivity contribution in [3.05, 3.63) is 18.3 Å². The van der Waals surface area contributed by atoms with Gasteiger partial charge in [-0.1, -0.05) is 0 Å². The molecule has 0 bridgehead atoms. The molecule has 0 aliphatic carbocycles. The molecule has 2 saturated heterocycles. The number of nitrogens with one attached hydrogen (secondary N) is 1. The maximum atomic E-state index is 12.2. The van der Waals surface area contributed by atoms with E-state index in [9.17, 15) is 4.79 Å². The summed E-state index contributed by atoms with van der Waals surface area (Å²) in [6, 6.07) is 4.16. The summed E-state index contributed by atoms with van der Waals surface area (Å²) in [5.74, 6) is 1.04. The number of aromatic nitrogens is 2. The minimum absolute atomic E-state index is 0.146. The number of hydrogen-bond acceptors (Lipinski definition) is 5. The minimum Gasteiger partial charge on any atom is -0.378 e. The van der Waals surface area contributed by atoms with Crippen molar-refractivity contribution in [1.29, 1.82) is 0 Å². The fourth-order valence-electron chi connectivity index (χ4n) is 2.99. The Balaban J connectivity index is 1.43. The average Bonchev–Trinajstić information content (AvgIpc) is 3.02. The van der Waals surface area contributed by atoms with Gasteiger partial charge in [-0.3, -0.25) is 4.79 Å². The summed E-state index contributed by atoms with van der Waals surface area (Å²) < 4.78 is 5.54. The quantitative estimate of drug-likeness (QED) is 0.909. The third-order valence-corrected chi connectivity index (χ3v) is 4.20. The zero-order valence-corrected chi connectivity index (χ0v) is 12.2. The van der Waals surface area contributed by atoms with Gasteiger partial charge in [0.05, 0.1) is 12.5 Å². The lowest BCUT2D eigenvalue weighted by Crippen LogP contribution is -2.43. The second-order valence-corrected chi connectivity index (χ2v) is 5.75. The van der Waals surface area contributed by atoms with Crippen molar-refractivity contribution in [1.82, 2.24) is 15.1 Å². The lowest BCUT2D eigenvalue weighted by Gasteiger charge is -2.33. The molecule has 3 rings (SSSR count). The molecule has 2 aliphatic heterocycles. The SMILES string of the molecule is O=C(C[C@@H]1CCCO1)N1CCC(Nc2cccnn2)CC1. The molecule has 0 aromatic carbocycles. The van der Waals surface area contributed by atoms with Crippen molar-refractivity contribution in [3.63, 3.8) is 0 Å². The maximum absolute atomic E-state index is 12.2. The van der Waals surface area contributed by atoms with Crippen molar-refractivity contribution in [2.75, 3.05) is 25.0 Å². The van der Waals surface area contributed by atoms with Gasteiger partial charge in [-0.05, 0) is 37.8 Å². The topological polar surface area (TPSA) is 67.3 Å². The number of hydrogen-bond donors (Lipinski definition) is 1. The molecular weight excluding hydrogens is 268 g/mol. The van der Waals surface area contributed by atoms with Crippen LogP contribution in [0, 0.1) is 0 Å². The van der Waals surface area contributed by atoms with E-state index in [1.54, 1.807) is 6.20 Å². The van der Waals surface area contributed by atoms with E-state index >= 15 is 0 Å². The third-order valence-electron chi connectivity index (χ3n) is 4.20. The van der Waals surface area contributed by atoms with E-state index in [0.29, 0.717) is 12.5 Å². The zero-order chi connectivity index (χ0) is 14.5. The van der Waals surface area contributed by atoms with Crippen LogP contribution in [0.1, 0.15) is 32.1 Å². The number of anilines is 1. The Bertz CT molecular complexity index is 454. The highest BCUT2D eigenvalue weighted by molar-refractivity contribution is 5.76. The maximum Gasteiger partial charge on any atom is 0.225 e. The number of ether oxygens (including phenoxy) is 1. The van der Waals surface area contributed by atoms with Gasteiger partial charge < -0.3 is 15.0 Å². The van der Waals surface area contributed by atoms with Gasteiger partial charge in [0.25, 0.3) is 0 Å². The first-order valence-electron chi connectivity index (χ1n) is 7.75. The monoisotopic (exact) mass is 290 g/mol. The Morgan fingerprint density at radius 1 is 1.38 bits per heavy atom. The van der Waals surface area contributed by atoms with Crippen molar-refractivity contribution >= 4 is 11.7 Å². The summed E-state index contributed by atoms with van der Waals surface area (Å²) in [5, 5.41) is 11.3. The molecular formula is C15H22N4O2. The largest absolute Gasteiger partial charge is 0.378 e. The van der Waals surface area contributed by atoms with Crippen LogP contribution in [0.4, 0.5) is 5.82 Å². The first-order chi connectivity index (χ1) is 10.3. The van der Waals surface area contributed by atoms with E-state index in [-0.39, 0.29) is 12.0 Å². The van der Waals surface area contributed by atoms with Crippen LogP contribution in [0.5, 0.6) is 0 Å². The Morgan fingerprint density at radius 2 is 2.24 bits per heavy atom. The van der Waals surface area contributed by atoms with E-state index in [4.69, 9.17) is 4.74 Å². The van der Waals surface area contributed by atoms with E-state index in [1.165, 1.54) is 0 Å². The summed E-state index contributed by atoms with van der Waals surface area (Å²) >= 11 is 0. The summed E-state index contributed by atoms with van der Waals surface area (Å²) in [6.07, 6.45) is 6.37. The normalized spacial score (nSPS) is 23.2. The van der Waals surface area contributed by atoms with Crippen LogP contribution in [-0.4, -0.2) is 52.8 Å². The fraction of sp³-hybridized carbons (Fsp3) is 0.667. The standard InChI is InChI=1S/C15H22N4O2/c20-15(11-13-3-2-10-21-13)19-8-5-12(6-9-19)17-14-4-1-7-16-18-14/h1,4,7,12-13H,2-3,5-6,8-11H2,(H,17,18)/t13-/m0/s1. The van der Waals surface area contributed by atoms with E-state index < -0.39 is 0 Å². The van der Waals surface area contributed by atoms with Crippen LogP contribution in [0.25, 0.3) is 0 Å². The van der Waals surface area contributed by atoms with Gasteiger partial charge in [0.15, 0.2) is 0 Å². The first kappa shape index (κ1) is 14.3. The molecule has 2 aliphatic rings. The fourth-order valence-corrected chi connectivity index (χ4v) is 2.99. The lowest BCUT2D eigenvalue weighted by atomic mass is 10.0. The number of amides is 1. The second kappa shape index (κ2) is 6.85. The number of nitrogens with zero attached hydrogens (tertiary/aromatic N) is 3. The molecule has 0 radical (unpaired) electrons. The van der Waals surface area contributed by atoms with E-state index in [0.717, 1.165) is 51.2 Å². The molecule has 0 saturated carbocycles. The molecule has 1 aromatic rings. The van der Waals surface area contributed by atoms with Gasteiger partial charge in [-0.2, -0.15) is 5.10 Å². The van der Waals surface area contributed by atoms with Gasteiger partial charge in [0, 0.05) is 31.9 Å². The molecule has 21 heavy (non-hydrogen) atoms. The van der Waals surface area contributed by atoms with Crippen molar-refractivity contribution < 1.29 is 9.53 Å². The molecule has 1 atom stereocenters. The van der Waals surface area contributed by atoms with E-state index in [1.807, 2.05) is 17.0 Å². The molecule has 1 amide bonds. The smallest absolute Gasteiger partial charge is 0.225 e. The number of carbonyl (C=O) groups excluding carboxylic acids is 1. The predicted molar refractivity (Wildman–Crippen MR) is 78.8 cm³/mol. The van der Waals surface area contributed by atoms with Crippen molar-refractivity contribution in [2.45, 2.75) is 44.2 Å². The highest BCUT2D eigenvalue weighted by Gasteiger charge is 2.26. The highest BCUT2D eigenvalue weighted by atomic mass is 16.5. The van der Waals surface area contributed by atoms with Gasteiger partial charge in [-0.15, -0.1) is 5.10 Å². The van der Waals surface area contributed by atoms with Crippen LogP contribution < -0.4 is 5.32 Å². The van der Waals surface area contributed by atoms with E-state index in [2.05, 4.69) is 15.5 Å². The van der Waals surface area contributed by atoms with Gasteiger partial charge >= 0.3 is 0 Å². The van der Waals surface area contributed by atoms with Crippen LogP contribution in [0.3, 0.4) is 0 Å². The Kier molecular flexibility index (Phi) is 4.65. The molecule has 2 fully saturated rings. The van der Waals surface area contributed by atoms with Gasteiger partial charge in [0.1, 0.15) is 5.82 Å². The number of piperidine rings is 1. The predicted octanol–water partition coefficient (Wildman–Crippen LogP) is 1.45. The van der Waals surface area contributed by atoms with Crippen LogP contribution in [0.15, 0.2) is 18.3 Å². The second-order valence-electron chi connectivity index (χ2n) is 5.75. The van der Waals surface area contributed by atoms with Crippen LogP contribution in [-0.2, 0) is 9.53 Å². The van der Waals surface area contributed by atoms with Crippen LogP contribution >= 0.6 is 0 Å². The minimum atomic E-state index is 0.146. The molecule has 1 aromatic heterocycles. The molecule has 114 valence electrons. The Labute approximate surface area is 124 Å². The molecule has 6 nitrogen and oxygen atoms in total. The molecule has 6 heteroatoms. The molecule has 3 heterocycles.